The van der Waals surface area contributed by atoms with Gasteiger partial charge in [0, 0.05) is 0 Å². The molecule has 20 heavy (non-hydrogen) atoms. The number of esters is 1. The molecule has 0 aromatic carbocycles. The maximum absolute atomic E-state index is 11.9. The highest BCUT2D eigenvalue weighted by molar-refractivity contribution is 7.85. The molecule has 1 aliphatic carbocycles. The van der Waals surface area contributed by atoms with Crippen molar-refractivity contribution in [3.63, 3.8) is 0 Å². The van der Waals surface area contributed by atoms with Crippen molar-refractivity contribution in [2.45, 2.75) is 44.6 Å². The van der Waals surface area contributed by atoms with Crippen molar-refractivity contribution < 1.29 is 27.2 Å². The first-order chi connectivity index (χ1) is 9.28. The normalized spacial score (nSPS) is 17.9. The molecule has 6 nitrogen and oxygen atoms in total. The molecular weight excluding hydrogens is 284 g/mol. The zero-order valence-electron chi connectivity index (χ0n) is 11.8. The summed E-state index contributed by atoms with van der Waals surface area (Å²) in [7, 11) is -4.05. The van der Waals surface area contributed by atoms with Crippen LogP contribution in [0.3, 0.4) is 0 Å². The zero-order chi connectivity index (χ0) is 15.2. The second kappa shape index (κ2) is 7.19. The molecule has 1 aliphatic rings. The number of carbonyl (C=O) groups is 1. The van der Waals surface area contributed by atoms with Gasteiger partial charge in [0.15, 0.2) is 0 Å². The van der Waals surface area contributed by atoms with E-state index in [1.54, 1.807) is 0 Å². The second-order valence-electron chi connectivity index (χ2n) is 5.08. The lowest BCUT2D eigenvalue weighted by Crippen LogP contribution is -2.32. The van der Waals surface area contributed by atoms with Gasteiger partial charge >= 0.3 is 5.97 Å². The summed E-state index contributed by atoms with van der Waals surface area (Å²) in [6.45, 7) is 5.28. The Morgan fingerprint density at radius 1 is 1.35 bits per heavy atom. The molecule has 1 rings (SSSR count). The van der Waals surface area contributed by atoms with Crippen LogP contribution >= 0.6 is 0 Å². The van der Waals surface area contributed by atoms with E-state index in [0.29, 0.717) is 0 Å². The van der Waals surface area contributed by atoms with Crippen LogP contribution in [0.15, 0.2) is 12.2 Å². The van der Waals surface area contributed by atoms with Crippen molar-refractivity contribution in [2.24, 2.45) is 0 Å². The Bertz CT molecular complexity index is 447. The first-order valence-electron chi connectivity index (χ1n) is 6.72. The molecule has 0 atom stereocenters. The molecule has 1 fully saturated rings. The monoisotopic (exact) mass is 306 g/mol. The van der Waals surface area contributed by atoms with E-state index in [9.17, 15) is 13.2 Å². The smallest absolute Gasteiger partial charge is 0.336 e. The number of carbonyl (C=O) groups excluding carboxylic acids is 1. The van der Waals surface area contributed by atoms with Crippen LogP contribution in [0.25, 0.3) is 0 Å². The van der Waals surface area contributed by atoms with Gasteiger partial charge in [-0.05, 0) is 32.1 Å². The first kappa shape index (κ1) is 17.1. The Hall–Kier alpha value is -0.920. The quantitative estimate of drug-likeness (QED) is 0.318. The van der Waals surface area contributed by atoms with Crippen LogP contribution in [0.1, 0.15) is 39.0 Å². The van der Waals surface area contributed by atoms with Crippen molar-refractivity contribution in [3.05, 3.63) is 12.2 Å². The minimum absolute atomic E-state index is 0.103. The zero-order valence-corrected chi connectivity index (χ0v) is 12.6. The van der Waals surface area contributed by atoms with Gasteiger partial charge in [0.2, 0.25) is 0 Å². The van der Waals surface area contributed by atoms with Gasteiger partial charge in [-0.25, -0.2) is 4.79 Å². The molecule has 0 aromatic rings. The van der Waals surface area contributed by atoms with Crippen molar-refractivity contribution in [3.8, 4) is 0 Å². The van der Waals surface area contributed by atoms with Crippen molar-refractivity contribution >= 4 is 16.1 Å². The highest BCUT2D eigenvalue weighted by atomic mass is 32.2. The lowest BCUT2D eigenvalue weighted by molar-refractivity contribution is -0.155. The van der Waals surface area contributed by atoms with Crippen LogP contribution in [0.5, 0.6) is 0 Å². The van der Waals surface area contributed by atoms with Gasteiger partial charge in [-0.2, -0.15) is 8.42 Å². The van der Waals surface area contributed by atoms with Gasteiger partial charge in [0.05, 0.1) is 24.5 Å². The molecule has 0 spiro atoms. The summed E-state index contributed by atoms with van der Waals surface area (Å²) < 4.78 is 40.0. The van der Waals surface area contributed by atoms with Gasteiger partial charge in [0.25, 0.3) is 10.1 Å². The Labute approximate surface area is 119 Å². The molecule has 0 saturated heterocycles. The van der Waals surface area contributed by atoms with Gasteiger partial charge in [-0.15, -0.1) is 0 Å². The molecule has 0 heterocycles. The molecule has 1 N–H and O–H groups in total. The fraction of sp³-hybridized carbons (Fsp3) is 0.769. The average Bonchev–Trinajstić information content (AvgIpc) is 2.82. The second-order valence-corrected chi connectivity index (χ2v) is 6.65. The lowest BCUT2D eigenvalue weighted by atomic mass is 9.99. The number of ether oxygens (including phenoxy) is 2. The minimum Gasteiger partial charge on any atom is -0.456 e. The Kier molecular flexibility index (Phi) is 6.16. The largest absolute Gasteiger partial charge is 0.456 e. The number of hydrogen-bond acceptors (Lipinski definition) is 5. The Morgan fingerprint density at radius 3 is 2.45 bits per heavy atom. The number of hydrogen-bond donors (Lipinski definition) is 1. The van der Waals surface area contributed by atoms with E-state index in [0.717, 1.165) is 32.1 Å². The van der Waals surface area contributed by atoms with E-state index in [1.807, 2.05) is 6.92 Å². The van der Waals surface area contributed by atoms with Gasteiger partial charge in [0.1, 0.15) is 5.60 Å². The third-order valence-electron chi connectivity index (χ3n) is 3.52. The molecule has 0 amide bonds. The van der Waals surface area contributed by atoms with Gasteiger partial charge in [-0.1, -0.05) is 13.5 Å². The van der Waals surface area contributed by atoms with E-state index in [2.05, 4.69) is 6.58 Å². The molecule has 0 aromatic heterocycles. The third-order valence-corrected chi connectivity index (χ3v) is 4.20. The van der Waals surface area contributed by atoms with E-state index in [-0.39, 0.29) is 24.4 Å². The molecule has 0 aliphatic heterocycles. The van der Waals surface area contributed by atoms with E-state index in [4.69, 9.17) is 14.0 Å². The molecule has 116 valence electrons. The Balaban J connectivity index is 2.34. The topological polar surface area (TPSA) is 89.9 Å². The summed E-state index contributed by atoms with van der Waals surface area (Å²) >= 11 is 0. The SMILES string of the molecule is C=C(COCCS(=O)(=O)O)C(=O)OC1(CC)CCCC1. The third kappa shape index (κ3) is 5.60. The number of rotatable bonds is 8. The van der Waals surface area contributed by atoms with Crippen LogP contribution in [-0.4, -0.2) is 43.5 Å². The molecule has 0 radical (unpaired) electrons. The fourth-order valence-corrected chi connectivity index (χ4v) is 2.56. The highest BCUT2D eigenvalue weighted by Gasteiger charge is 2.36. The van der Waals surface area contributed by atoms with E-state index >= 15 is 0 Å². The van der Waals surface area contributed by atoms with Crippen molar-refractivity contribution in [2.75, 3.05) is 19.0 Å². The maximum Gasteiger partial charge on any atom is 0.336 e. The van der Waals surface area contributed by atoms with Crippen molar-refractivity contribution in [1.29, 1.82) is 0 Å². The highest BCUT2D eigenvalue weighted by Crippen LogP contribution is 2.36. The van der Waals surface area contributed by atoms with Crippen LogP contribution in [0.2, 0.25) is 0 Å². The summed E-state index contributed by atoms with van der Waals surface area (Å²) in [5.74, 6) is -1.01. The summed E-state index contributed by atoms with van der Waals surface area (Å²) in [5, 5.41) is 0. The molecule has 0 bridgehead atoms. The van der Waals surface area contributed by atoms with Crippen LogP contribution in [0, 0.1) is 0 Å². The summed E-state index contributed by atoms with van der Waals surface area (Å²) in [6.07, 6.45) is 4.62. The molecule has 1 saturated carbocycles. The fourth-order valence-electron chi connectivity index (χ4n) is 2.23. The van der Waals surface area contributed by atoms with Gasteiger partial charge in [-0.3, -0.25) is 4.55 Å². The summed E-state index contributed by atoms with van der Waals surface area (Å²) in [5.41, 5.74) is -0.228. The minimum atomic E-state index is -4.05. The average molecular weight is 306 g/mol. The standard InChI is InChI=1S/C13H22O6S/c1-3-13(6-4-5-7-13)19-12(14)11(2)10-18-8-9-20(15,16)17/h2-10H2,1H3,(H,15,16,17). The Morgan fingerprint density at radius 2 is 1.95 bits per heavy atom. The van der Waals surface area contributed by atoms with Crippen molar-refractivity contribution in [1.82, 2.24) is 0 Å². The predicted molar refractivity (Wildman–Crippen MR) is 74.0 cm³/mol. The lowest BCUT2D eigenvalue weighted by Gasteiger charge is -2.28. The van der Waals surface area contributed by atoms with Crippen LogP contribution in [0.4, 0.5) is 0 Å². The summed E-state index contributed by atoms with van der Waals surface area (Å²) in [6, 6.07) is 0. The van der Waals surface area contributed by atoms with Crippen LogP contribution in [-0.2, 0) is 24.4 Å². The molecule has 7 heteroatoms. The maximum atomic E-state index is 11.9. The molecular formula is C13H22O6S. The summed E-state index contributed by atoms with van der Waals surface area (Å²) in [4.78, 5) is 11.9. The van der Waals surface area contributed by atoms with E-state index < -0.39 is 21.8 Å². The first-order valence-corrected chi connectivity index (χ1v) is 8.33. The van der Waals surface area contributed by atoms with E-state index in [1.165, 1.54) is 0 Å². The molecule has 0 unspecified atom stereocenters. The van der Waals surface area contributed by atoms with Crippen LogP contribution < -0.4 is 0 Å². The van der Waals surface area contributed by atoms with Gasteiger partial charge < -0.3 is 9.47 Å². The predicted octanol–water partition coefficient (Wildman–Crippen LogP) is 1.71.